The maximum Gasteiger partial charge on any atom is 0.214 e. The fraction of sp³-hybridized carbons (Fsp3) is 0.462. The molecule has 6 heteroatoms. The van der Waals surface area contributed by atoms with Crippen molar-refractivity contribution in [2.45, 2.75) is 33.6 Å². The summed E-state index contributed by atoms with van der Waals surface area (Å²) in [4.78, 5) is 2.23. The van der Waals surface area contributed by atoms with E-state index in [-0.39, 0.29) is 11.2 Å². The number of hydrogen-bond donors (Lipinski definition) is 0. The number of rotatable bonds is 8. The summed E-state index contributed by atoms with van der Waals surface area (Å²) < 4.78 is 33.0. The van der Waals surface area contributed by atoms with E-state index in [1.54, 1.807) is 4.31 Å². The highest BCUT2D eigenvalue weighted by Gasteiger charge is 2.29. The van der Waals surface area contributed by atoms with Gasteiger partial charge in [0, 0.05) is 43.9 Å². The zero-order valence-electron chi connectivity index (χ0n) is 19.4. The molecule has 0 atom stereocenters. The molecule has 1 saturated heterocycles. The second-order valence-corrected chi connectivity index (χ2v) is 11.0. The van der Waals surface area contributed by atoms with Gasteiger partial charge in [0.05, 0.1) is 12.4 Å². The first kappa shape index (κ1) is 24.2. The summed E-state index contributed by atoms with van der Waals surface area (Å²) in [5, 5.41) is 0. The minimum absolute atomic E-state index is 0.154. The first-order chi connectivity index (χ1) is 15.3. The Bertz CT molecular complexity index is 1010. The van der Waals surface area contributed by atoms with Gasteiger partial charge in [0.2, 0.25) is 10.0 Å². The van der Waals surface area contributed by atoms with Gasteiger partial charge in [0.15, 0.2) is 0 Å². The molecule has 0 spiro atoms. The standard InChI is InChI=1S/C26H34N2O3S/c1-4-31-25-14-12-24(13-15-25)27-18-20-28(21-19-27)32(29,30)22-17-26(2,3)16-8-11-23-9-6-5-7-10-23/h5-7,9-10,12-15H,4,16-22H2,1-3H3. The lowest BCUT2D eigenvalue weighted by Gasteiger charge is -2.36. The van der Waals surface area contributed by atoms with E-state index >= 15 is 0 Å². The number of nitrogens with zero attached hydrogens (tertiary/aromatic N) is 2. The highest BCUT2D eigenvalue weighted by atomic mass is 32.2. The fourth-order valence-corrected chi connectivity index (χ4v) is 5.46. The van der Waals surface area contributed by atoms with Crippen LogP contribution in [-0.4, -0.2) is 51.3 Å². The topological polar surface area (TPSA) is 49.9 Å². The van der Waals surface area contributed by atoms with Crippen LogP contribution in [0.4, 0.5) is 5.69 Å². The van der Waals surface area contributed by atoms with Crippen LogP contribution in [0.5, 0.6) is 5.75 Å². The molecular weight excluding hydrogens is 420 g/mol. The van der Waals surface area contributed by atoms with Gasteiger partial charge in [-0.3, -0.25) is 0 Å². The molecule has 3 rings (SSSR count). The molecule has 0 bridgehead atoms. The third-order valence-corrected chi connectivity index (χ3v) is 7.63. The monoisotopic (exact) mass is 454 g/mol. The molecule has 0 aliphatic carbocycles. The van der Waals surface area contributed by atoms with E-state index in [4.69, 9.17) is 4.74 Å². The molecule has 1 aliphatic heterocycles. The number of anilines is 1. The van der Waals surface area contributed by atoms with E-state index in [0.717, 1.165) is 17.0 Å². The molecule has 0 radical (unpaired) electrons. The number of hydrogen-bond acceptors (Lipinski definition) is 4. The van der Waals surface area contributed by atoms with Crippen LogP contribution in [0.1, 0.15) is 39.2 Å². The summed E-state index contributed by atoms with van der Waals surface area (Å²) in [6.45, 7) is 9.21. The van der Waals surface area contributed by atoms with Crippen LogP contribution in [-0.2, 0) is 10.0 Å². The van der Waals surface area contributed by atoms with E-state index in [0.29, 0.717) is 45.6 Å². The van der Waals surface area contributed by atoms with Crippen molar-refractivity contribution in [3.05, 3.63) is 60.2 Å². The van der Waals surface area contributed by atoms with Gasteiger partial charge in [-0.15, -0.1) is 0 Å². The van der Waals surface area contributed by atoms with Gasteiger partial charge in [-0.2, -0.15) is 4.31 Å². The Morgan fingerprint density at radius 1 is 0.969 bits per heavy atom. The highest BCUT2D eigenvalue weighted by Crippen LogP contribution is 2.27. The zero-order valence-corrected chi connectivity index (χ0v) is 20.2. The Balaban J connectivity index is 1.49. The Morgan fingerprint density at radius 2 is 1.62 bits per heavy atom. The normalized spacial score (nSPS) is 15.2. The quantitative estimate of drug-likeness (QED) is 0.555. The van der Waals surface area contributed by atoms with E-state index in [1.807, 2.05) is 61.5 Å². The molecule has 1 heterocycles. The summed E-state index contributed by atoms with van der Waals surface area (Å²) in [7, 11) is -3.27. The molecule has 172 valence electrons. The maximum atomic E-state index is 12.9. The minimum atomic E-state index is -3.27. The molecular formula is C26H34N2O3S. The van der Waals surface area contributed by atoms with E-state index < -0.39 is 10.0 Å². The van der Waals surface area contributed by atoms with Gasteiger partial charge in [-0.25, -0.2) is 8.42 Å². The van der Waals surface area contributed by atoms with Crippen molar-refractivity contribution < 1.29 is 13.2 Å². The average molecular weight is 455 g/mol. The number of piperazine rings is 1. The Kier molecular flexibility index (Phi) is 8.22. The van der Waals surface area contributed by atoms with Crippen molar-refractivity contribution in [3.63, 3.8) is 0 Å². The number of benzene rings is 2. The summed E-state index contributed by atoms with van der Waals surface area (Å²) in [6, 6.07) is 17.9. The third kappa shape index (κ3) is 7.01. The van der Waals surface area contributed by atoms with Crippen LogP contribution in [0.2, 0.25) is 0 Å². The second kappa shape index (κ2) is 10.9. The predicted molar refractivity (Wildman–Crippen MR) is 132 cm³/mol. The van der Waals surface area contributed by atoms with Crippen LogP contribution < -0.4 is 9.64 Å². The van der Waals surface area contributed by atoms with Gasteiger partial charge in [-0.05, 0) is 55.2 Å². The minimum Gasteiger partial charge on any atom is -0.494 e. The summed E-state index contributed by atoms with van der Waals surface area (Å²) in [5.74, 6) is 7.41. The lowest BCUT2D eigenvalue weighted by atomic mass is 9.87. The van der Waals surface area contributed by atoms with Gasteiger partial charge in [0.25, 0.3) is 0 Å². The van der Waals surface area contributed by atoms with E-state index in [1.165, 1.54) is 0 Å². The Morgan fingerprint density at radius 3 is 2.25 bits per heavy atom. The van der Waals surface area contributed by atoms with Crippen molar-refractivity contribution in [2.75, 3.05) is 43.4 Å². The van der Waals surface area contributed by atoms with E-state index in [2.05, 4.69) is 30.6 Å². The lowest BCUT2D eigenvalue weighted by Crippen LogP contribution is -2.49. The predicted octanol–water partition coefficient (Wildman–Crippen LogP) is 4.40. The number of ether oxygens (including phenoxy) is 1. The summed E-state index contributed by atoms with van der Waals surface area (Å²) in [5.41, 5.74) is 1.93. The van der Waals surface area contributed by atoms with Crippen LogP contribution in [0, 0.1) is 17.3 Å². The molecule has 0 unspecified atom stereocenters. The second-order valence-electron chi connectivity index (χ2n) is 8.89. The Hall–Kier alpha value is -2.49. The largest absolute Gasteiger partial charge is 0.494 e. The van der Waals surface area contributed by atoms with Crippen molar-refractivity contribution in [1.82, 2.24) is 4.31 Å². The van der Waals surface area contributed by atoms with Crippen LogP contribution in [0.15, 0.2) is 54.6 Å². The van der Waals surface area contributed by atoms with Crippen molar-refractivity contribution >= 4 is 15.7 Å². The molecule has 0 aromatic heterocycles. The Labute approximate surface area is 193 Å². The van der Waals surface area contributed by atoms with Gasteiger partial charge < -0.3 is 9.64 Å². The summed E-state index contributed by atoms with van der Waals surface area (Å²) >= 11 is 0. The van der Waals surface area contributed by atoms with Gasteiger partial charge in [0.1, 0.15) is 5.75 Å². The van der Waals surface area contributed by atoms with Gasteiger partial charge in [-0.1, -0.05) is 43.9 Å². The fourth-order valence-electron chi connectivity index (χ4n) is 3.67. The van der Waals surface area contributed by atoms with Crippen LogP contribution >= 0.6 is 0 Å². The first-order valence-corrected chi connectivity index (χ1v) is 12.9. The molecule has 32 heavy (non-hydrogen) atoms. The zero-order chi connectivity index (χ0) is 23.0. The highest BCUT2D eigenvalue weighted by molar-refractivity contribution is 7.89. The molecule has 2 aromatic carbocycles. The summed E-state index contributed by atoms with van der Waals surface area (Å²) in [6.07, 6.45) is 1.26. The molecule has 0 amide bonds. The molecule has 1 aliphatic rings. The molecule has 2 aromatic rings. The lowest BCUT2D eigenvalue weighted by molar-refractivity contribution is 0.340. The number of sulfonamides is 1. The van der Waals surface area contributed by atoms with Gasteiger partial charge >= 0.3 is 0 Å². The smallest absolute Gasteiger partial charge is 0.214 e. The molecule has 0 saturated carbocycles. The van der Waals surface area contributed by atoms with Crippen LogP contribution in [0.3, 0.4) is 0 Å². The van der Waals surface area contributed by atoms with E-state index in [9.17, 15) is 8.42 Å². The van der Waals surface area contributed by atoms with Crippen molar-refractivity contribution in [2.24, 2.45) is 5.41 Å². The van der Waals surface area contributed by atoms with Crippen molar-refractivity contribution in [3.8, 4) is 17.6 Å². The molecule has 5 nitrogen and oxygen atoms in total. The van der Waals surface area contributed by atoms with Crippen LogP contribution in [0.25, 0.3) is 0 Å². The SMILES string of the molecule is CCOc1ccc(N2CCN(S(=O)(=O)CCC(C)(C)CC#Cc3ccccc3)CC2)cc1. The molecule has 0 N–H and O–H groups in total. The maximum absolute atomic E-state index is 12.9. The molecule has 1 fully saturated rings. The average Bonchev–Trinajstić information content (AvgIpc) is 2.79. The van der Waals surface area contributed by atoms with Crippen molar-refractivity contribution in [1.29, 1.82) is 0 Å². The third-order valence-electron chi connectivity index (χ3n) is 5.76. The first-order valence-electron chi connectivity index (χ1n) is 11.3.